The van der Waals surface area contributed by atoms with Crippen molar-refractivity contribution in [2.24, 2.45) is 5.73 Å². The molecule has 8 heavy (non-hydrogen) atoms. The minimum absolute atomic E-state index is 0.583. The smallest absolute Gasteiger partial charge is 0.0104 e. The Kier molecular flexibility index (Phi) is 6.38. The third kappa shape index (κ3) is 5.66. The van der Waals surface area contributed by atoms with Crippen LogP contribution in [0.25, 0.3) is 0 Å². The predicted molar refractivity (Wildman–Crippen MR) is 36.7 cm³/mol. The van der Waals surface area contributed by atoms with Crippen LogP contribution in [0.1, 0.15) is 6.42 Å². The molecule has 0 unspecified atom stereocenters. The summed E-state index contributed by atoms with van der Waals surface area (Å²) in [6.45, 7) is 6.44. The second kappa shape index (κ2) is 6.66. The highest BCUT2D eigenvalue weighted by molar-refractivity contribution is 4.64. The molecular formula is C6H14N2. The van der Waals surface area contributed by atoms with Crippen molar-refractivity contribution >= 4 is 0 Å². The zero-order valence-electron chi connectivity index (χ0n) is 5.19. The number of hydrogen-bond acceptors (Lipinski definition) is 2. The minimum Gasteiger partial charge on any atom is -0.327 e. The second-order valence-corrected chi connectivity index (χ2v) is 1.63. The molecular weight excluding hydrogens is 100 g/mol. The van der Waals surface area contributed by atoms with Crippen molar-refractivity contribution in [3.05, 3.63) is 12.7 Å². The van der Waals surface area contributed by atoms with Gasteiger partial charge >= 0.3 is 0 Å². The lowest BCUT2D eigenvalue weighted by Crippen LogP contribution is -2.29. The maximum Gasteiger partial charge on any atom is 0.0104 e. The van der Waals surface area contributed by atoms with Crippen molar-refractivity contribution in [2.75, 3.05) is 19.6 Å². The fourth-order valence-electron chi connectivity index (χ4n) is 0.177. The van der Waals surface area contributed by atoms with Gasteiger partial charge in [0, 0.05) is 6.54 Å². The molecule has 0 aliphatic carbocycles. The first-order valence-corrected chi connectivity index (χ1v) is 2.93. The van der Waals surface area contributed by atoms with E-state index in [0.29, 0.717) is 6.54 Å². The van der Waals surface area contributed by atoms with Gasteiger partial charge in [-0.15, -0.1) is 6.58 Å². The normalized spacial score (nSPS) is 15.1. The van der Waals surface area contributed by atoms with Gasteiger partial charge in [-0.05, 0) is 19.5 Å². The lowest BCUT2D eigenvalue weighted by atomic mass is 10.3. The summed E-state index contributed by atoms with van der Waals surface area (Å²) >= 11 is 0. The van der Waals surface area contributed by atoms with Crippen LogP contribution in [0.2, 0.25) is 0 Å². The Labute approximate surface area is 50.8 Å². The molecule has 0 aromatic heterocycles. The Hall–Kier alpha value is -0.340. The zero-order chi connectivity index (χ0) is 6.24. The molecule has 1 fully saturated rings. The van der Waals surface area contributed by atoms with E-state index in [1.165, 1.54) is 19.5 Å². The van der Waals surface area contributed by atoms with Crippen molar-refractivity contribution in [3.8, 4) is 0 Å². The summed E-state index contributed by atoms with van der Waals surface area (Å²) in [5.74, 6) is 0. The fourth-order valence-corrected chi connectivity index (χ4v) is 0.177. The molecule has 3 N–H and O–H groups in total. The Morgan fingerprint density at radius 3 is 1.88 bits per heavy atom. The Morgan fingerprint density at radius 1 is 1.62 bits per heavy atom. The third-order valence-electron chi connectivity index (χ3n) is 0.874. The van der Waals surface area contributed by atoms with E-state index in [1.54, 1.807) is 6.08 Å². The number of nitrogens with one attached hydrogen (secondary N) is 1. The molecule has 2 nitrogen and oxygen atoms in total. The lowest BCUT2D eigenvalue weighted by Gasteiger charge is -2.09. The van der Waals surface area contributed by atoms with E-state index in [-0.39, 0.29) is 0 Å². The van der Waals surface area contributed by atoms with Gasteiger partial charge in [-0.1, -0.05) is 6.08 Å². The van der Waals surface area contributed by atoms with Gasteiger partial charge in [-0.2, -0.15) is 0 Å². The van der Waals surface area contributed by atoms with Gasteiger partial charge in [-0.25, -0.2) is 0 Å². The van der Waals surface area contributed by atoms with Gasteiger partial charge < -0.3 is 11.1 Å². The summed E-state index contributed by atoms with van der Waals surface area (Å²) < 4.78 is 0. The zero-order valence-corrected chi connectivity index (χ0v) is 5.19. The molecule has 1 rings (SSSR count). The molecule has 0 amide bonds. The molecule has 0 aromatic rings. The van der Waals surface area contributed by atoms with Crippen LogP contribution >= 0.6 is 0 Å². The first kappa shape index (κ1) is 7.66. The van der Waals surface area contributed by atoms with E-state index in [0.717, 1.165) is 0 Å². The highest BCUT2D eigenvalue weighted by Crippen LogP contribution is 1.80. The molecule has 1 heterocycles. The van der Waals surface area contributed by atoms with Gasteiger partial charge in [-0.3, -0.25) is 0 Å². The summed E-state index contributed by atoms with van der Waals surface area (Å²) in [6.07, 6.45) is 3.04. The highest BCUT2D eigenvalue weighted by Gasteiger charge is 1.92. The highest BCUT2D eigenvalue weighted by atomic mass is 14.9. The van der Waals surface area contributed by atoms with Gasteiger partial charge in [0.1, 0.15) is 0 Å². The van der Waals surface area contributed by atoms with E-state index in [2.05, 4.69) is 11.9 Å². The van der Waals surface area contributed by atoms with Crippen LogP contribution in [-0.2, 0) is 0 Å². The average molecular weight is 114 g/mol. The van der Waals surface area contributed by atoms with E-state index in [1.807, 2.05) is 0 Å². The molecule has 48 valence electrons. The molecule has 0 spiro atoms. The monoisotopic (exact) mass is 114 g/mol. The maximum absolute atomic E-state index is 4.91. The van der Waals surface area contributed by atoms with Crippen molar-refractivity contribution in [2.45, 2.75) is 6.42 Å². The largest absolute Gasteiger partial charge is 0.327 e. The first-order valence-electron chi connectivity index (χ1n) is 2.93. The molecule has 1 saturated heterocycles. The number of hydrogen-bond donors (Lipinski definition) is 2. The number of nitrogens with two attached hydrogens (primary N) is 1. The summed E-state index contributed by atoms with van der Waals surface area (Å²) in [7, 11) is 0. The van der Waals surface area contributed by atoms with Crippen LogP contribution in [0.4, 0.5) is 0 Å². The number of rotatable bonds is 1. The van der Waals surface area contributed by atoms with Crippen LogP contribution in [0.15, 0.2) is 12.7 Å². The van der Waals surface area contributed by atoms with Crippen LogP contribution in [0.5, 0.6) is 0 Å². The molecule has 0 aromatic carbocycles. The standard InChI is InChI=1S/2C3H7N/c1-2-4-3-1;1-2-3-4/h4H,1-3H2;2H,1,3-4H2. The molecule has 0 saturated carbocycles. The molecule has 1 aliphatic rings. The average Bonchev–Trinajstić information content (AvgIpc) is 1.61. The molecule has 0 bridgehead atoms. The quantitative estimate of drug-likeness (QED) is 0.475. The Balaban J connectivity index is 0.000000122. The van der Waals surface area contributed by atoms with Crippen molar-refractivity contribution in [3.63, 3.8) is 0 Å². The van der Waals surface area contributed by atoms with Gasteiger partial charge in [0.05, 0.1) is 0 Å². The Morgan fingerprint density at radius 2 is 1.88 bits per heavy atom. The minimum atomic E-state index is 0.583. The van der Waals surface area contributed by atoms with Gasteiger partial charge in [0.25, 0.3) is 0 Å². The van der Waals surface area contributed by atoms with E-state index < -0.39 is 0 Å². The van der Waals surface area contributed by atoms with E-state index in [4.69, 9.17) is 5.73 Å². The molecule has 1 aliphatic heterocycles. The second-order valence-electron chi connectivity index (χ2n) is 1.63. The summed E-state index contributed by atoms with van der Waals surface area (Å²) in [5, 5.41) is 3.11. The lowest BCUT2D eigenvalue weighted by molar-refractivity contribution is 0.527. The van der Waals surface area contributed by atoms with E-state index >= 15 is 0 Å². The fraction of sp³-hybridized carbons (Fsp3) is 0.667. The van der Waals surface area contributed by atoms with Crippen molar-refractivity contribution < 1.29 is 0 Å². The van der Waals surface area contributed by atoms with Crippen molar-refractivity contribution in [1.82, 2.24) is 5.32 Å². The maximum atomic E-state index is 4.91. The van der Waals surface area contributed by atoms with Crippen molar-refractivity contribution in [1.29, 1.82) is 0 Å². The molecule has 0 atom stereocenters. The van der Waals surface area contributed by atoms with Crippen LogP contribution in [0.3, 0.4) is 0 Å². The topological polar surface area (TPSA) is 38.0 Å². The van der Waals surface area contributed by atoms with Gasteiger partial charge in [0.2, 0.25) is 0 Å². The summed E-state index contributed by atoms with van der Waals surface area (Å²) in [4.78, 5) is 0. The first-order chi connectivity index (χ1) is 3.91. The Bertz CT molecular complexity index is 44.5. The van der Waals surface area contributed by atoms with E-state index in [9.17, 15) is 0 Å². The molecule has 2 heteroatoms. The summed E-state index contributed by atoms with van der Waals surface area (Å²) in [5.41, 5.74) is 4.91. The van der Waals surface area contributed by atoms with Crippen LogP contribution in [-0.4, -0.2) is 19.6 Å². The SMILES string of the molecule is C1CNC1.C=CCN. The molecule has 0 radical (unpaired) electrons. The van der Waals surface area contributed by atoms with Crippen LogP contribution in [0, 0.1) is 0 Å². The van der Waals surface area contributed by atoms with Crippen LogP contribution < -0.4 is 11.1 Å². The third-order valence-corrected chi connectivity index (χ3v) is 0.874. The summed E-state index contributed by atoms with van der Waals surface area (Å²) in [6, 6.07) is 0. The van der Waals surface area contributed by atoms with Gasteiger partial charge in [0.15, 0.2) is 0 Å². The predicted octanol–water partition coefficient (Wildman–Crippen LogP) is 0.111.